The van der Waals surface area contributed by atoms with E-state index in [9.17, 15) is 13.2 Å². The van der Waals surface area contributed by atoms with E-state index in [-0.39, 0.29) is 0 Å². The minimum absolute atomic E-state index is 0.594. The lowest BCUT2D eigenvalue weighted by molar-refractivity contribution is -0.137. The van der Waals surface area contributed by atoms with E-state index in [1.807, 2.05) is 43.3 Å². The Labute approximate surface area is 220 Å². The fourth-order valence-electron chi connectivity index (χ4n) is 2.51. The molecule has 0 aromatic heterocycles. The van der Waals surface area contributed by atoms with Gasteiger partial charge < -0.3 is 0 Å². The van der Waals surface area contributed by atoms with Gasteiger partial charge in [0.25, 0.3) is 0 Å². The Morgan fingerprint density at radius 2 is 1.03 bits per heavy atom. The number of hydrogen-bond acceptors (Lipinski definition) is 0. The van der Waals surface area contributed by atoms with Crippen molar-refractivity contribution in [1.82, 2.24) is 0 Å². The van der Waals surface area contributed by atoms with Crippen LogP contribution < -0.4 is 0 Å². The van der Waals surface area contributed by atoms with Crippen LogP contribution in [0.4, 0.5) is 13.2 Å². The van der Waals surface area contributed by atoms with E-state index < -0.39 is 11.7 Å². The number of rotatable bonds is 0. The van der Waals surface area contributed by atoms with Crippen LogP contribution in [0.5, 0.6) is 0 Å². The molecule has 0 unspecified atom stereocenters. The summed E-state index contributed by atoms with van der Waals surface area (Å²) in [6, 6.07) is 29.5. The van der Waals surface area contributed by atoms with Crippen LogP contribution in [0.1, 0.15) is 33.4 Å². The molecule has 0 heterocycles. The largest absolute Gasteiger partial charge is 0.416 e. The topological polar surface area (TPSA) is 0 Å². The van der Waals surface area contributed by atoms with Crippen LogP contribution >= 0.6 is 27.5 Å². The Balaban J connectivity index is 0.000000236. The molecule has 0 N–H and O–H groups in total. The van der Waals surface area contributed by atoms with Crippen molar-refractivity contribution in [3.8, 4) is 0 Å². The molecule has 0 amide bonds. The number of benzene rings is 4. The van der Waals surface area contributed by atoms with Crippen LogP contribution in [0, 0.1) is 34.6 Å². The highest BCUT2D eigenvalue weighted by atomic mass is 79.9. The molecule has 0 radical (unpaired) electrons. The average molecular weight is 564 g/mol. The van der Waals surface area contributed by atoms with Gasteiger partial charge in [-0.3, -0.25) is 0 Å². The fraction of sp³-hybridized carbons (Fsp3) is 0.200. The third-order valence-electron chi connectivity index (χ3n) is 4.88. The van der Waals surface area contributed by atoms with Gasteiger partial charge in [0.05, 0.1) is 5.56 Å². The third-order valence-corrected chi connectivity index (χ3v) is 5.78. The van der Waals surface area contributed by atoms with Crippen molar-refractivity contribution in [2.75, 3.05) is 0 Å². The maximum atomic E-state index is 11.9. The summed E-state index contributed by atoms with van der Waals surface area (Å²) < 4.78 is 36.8. The summed E-state index contributed by atoms with van der Waals surface area (Å²) in [6.07, 6.45) is -4.21. The van der Waals surface area contributed by atoms with Crippen molar-refractivity contribution in [3.63, 3.8) is 0 Å². The summed E-state index contributed by atoms with van der Waals surface area (Å²) in [6.45, 7) is 10.1. The lowest BCUT2D eigenvalue weighted by Gasteiger charge is -2.05. The van der Waals surface area contributed by atoms with Crippen molar-refractivity contribution in [2.24, 2.45) is 0 Å². The first kappa shape index (κ1) is 30.5. The van der Waals surface area contributed by atoms with Crippen molar-refractivity contribution < 1.29 is 13.2 Å². The van der Waals surface area contributed by atoms with Crippen LogP contribution in [-0.2, 0) is 6.18 Å². The first-order valence-electron chi connectivity index (χ1n) is 11.0. The summed E-state index contributed by atoms with van der Waals surface area (Å²) in [7, 11) is 0. The molecular weight excluding hydrogens is 533 g/mol. The maximum absolute atomic E-state index is 11.9. The maximum Gasteiger partial charge on any atom is 0.416 e. The molecular formula is C30H31BrClF3. The molecule has 4 aromatic rings. The van der Waals surface area contributed by atoms with Crippen molar-refractivity contribution in [2.45, 2.75) is 40.8 Å². The monoisotopic (exact) mass is 562 g/mol. The smallest absolute Gasteiger partial charge is 0.166 e. The fourth-order valence-corrected chi connectivity index (χ4v) is 3.18. The van der Waals surface area contributed by atoms with Crippen LogP contribution in [0.3, 0.4) is 0 Å². The second-order valence-electron chi connectivity index (χ2n) is 8.00. The quantitative estimate of drug-likeness (QED) is 0.200. The van der Waals surface area contributed by atoms with E-state index in [0.29, 0.717) is 0 Å². The molecule has 35 heavy (non-hydrogen) atoms. The van der Waals surface area contributed by atoms with E-state index in [2.05, 4.69) is 73.1 Å². The van der Waals surface area contributed by atoms with Gasteiger partial charge in [-0.25, -0.2) is 0 Å². The van der Waals surface area contributed by atoms with Gasteiger partial charge in [-0.05, 0) is 75.6 Å². The molecule has 0 aliphatic carbocycles. The zero-order valence-electron chi connectivity index (χ0n) is 20.6. The van der Waals surface area contributed by atoms with E-state index >= 15 is 0 Å². The van der Waals surface area contributed by atoms with Crippen LogP contribution in [0.2, 0.25) is 5.02 Å². The third kappa shape index (κ3) is 13.2. The Hall–Kier alpha value is -2.56. The second kappa shape index (κ2) is 15.4. The van der Waals surface area contributed by atoms with Crippen molar-refractivity contribution in [1.29, 1.82) is 0 Å². The minimum Gasteiger partial charge on any atom is -0.166 e. The zero-order valence-corrected chi connectivity index (χ0v) is 23.0. The zero-order chi connectivity index (χ0) is 26.4. The predicted molar refractivity (Wildman–Crippen MR) is 147 cm³/mol. The highest BCUT2D eigenvalue weighted by Crippen LogP contribution is 2.28. The summed E-state index contributed by atoms with van der Waals surface area (Å²) in [5, 5.41) is 0.810. The van der Waals surface area contributed by atoms with Crippen molar-refractivity contribution in [3.05, 3.63) is 140 Å². The summed E-state index contributed by atoms with van der Waals surface area (Å²) in [4.78, 5) is 0. The first-order valence-corrected chi connectivity index (χ1v) is 12.2. The first-order chi connectivity index (χ1) is 16.4. The SMILES string of the molecule is Cc1ccc(Br)cc1Cl.Cc1ccc(C(F)(F)F)cc1.Cc1ccccc1.Cc1ccccc1C. The predicted octanol–water partition coefficient (Wildman–Crippen LogP) is 10.7. The Morgan fingerprint density at radius 1 is 0.571 bits per heavy atom. The Bertz CT molecular complexity index is 1120. The van der Waals surface area contributed by atoms with E-state index in [0.717, 1.165) is 32.8 Å². The second-order valence-corrected chi connectivity index (χ2v) is 9.32. The van der Waals surface area contributed by atoms with Gasteiger partial charge in [-0.15, -0.1) is 0 Å². The van der Waals surface area contributed by atoms with Gasteiger partial charge in [0, 0.05) is 9.50 Å². The van der Waals surface area contributed by atoms with Crippen molar-refractivity contribution >= 4 is 27.5 Å². The molecule has 0 atom stereocenters. The molecule has 186 valence electrons. The van der Waals surface area contributed by atoms with Gasteiger partial charge in [0.15, 0.2) is 0 Å². The van der Waals surface area contributed by atoms with Crippen LogP contribution in [-0.4, -0.2) is 0 Å². The van der Waals surface area contributed by atoms with Crippen LogP contribution in [0.15, 0.2) is 102 Å². The molecule has 4 rings (SSSR count). The molecule has 5 heteroatoms. The lowest BCUT2D eigenvalue weighted by atomic mass is 10.1. The number of aryl methyl sites for hydroxylation is 5. The molecule has 4 aromatic carbocycles. The summed E-state index contributed by atoms with van der Waals surface area (Å²) in [5.74, 6) is 0. The minimum atomic E-state index is -4.21. The molecule has 0 aliphatic rings. The molecule has 0 saturated carbocycles. The summed E-state index contributed by atoms with van der Waals surface area (Å²) in [5.41, 5.74) is 5.41. The standard InChI is InChI=1S/C8H7F3.C8H10.C7H6BrCl.C7H8/c1-6-2-4-7(5-3-6)8(9,10)11;1-7-5-3-4-6-8(7)2;1-5-2-3-6(8)4-7(5)9;1-7-5-3-2-4-6-7/h2-5H,1H3;3-6H,1-2H3;2-4H,1H3;2-6H,1H3. The highest BCUT2D eigenvalue weighted by Gasteiger charge is 2.29. The van der Waals surface area contributed by atoms with Gasteiger partial charge in [0.2, 0.25) is 0 Å². The van der Waals surface area contributed by atoms with E-state index in [1.165, 1.54) is 28.8 Å². The molecule has 0 spiro atoms. The number of alkyl halides is 3. The van der Waals surface area contributed by atoms with Gasteiger partial charge in [0.1, 0.15) is 0 Å². The highest BCUT2D eigenvalue weighted by molar-refractivity contribution is 9.10. The van der Waals surface area contributed by atoms with Gasteiger partial charge in [-0.2, -0.15) is 13.2 Å². The number of halogens is 5. The van der Waals surface area contributed by atoms with E-state index in [4.69, 9.17) is 11.6 Å². The summed E-state index contributed by atoms with van der Waals surface area (Å²) >= 11 is 9.10. The molecule has 0 fully saturated rings. The van der Waals surface area contributed by atoms with E-state index in [1.54, 1.807) is 6.92 Å². The molecule has 0 saturated heterocycles. The molecule has 0 nitrogen and oxygen atoms in total. The average Bonchev–Trinajstić information content (AvgIpc) is 2.80. The van der Waals surface area contributed by atoms with Gasteiger partial charge >= 0.3 is 6.18 Å². The Kier molecular flexibility index (Phi) is 13.4. The Morgan fingerprint density at radius 3 is 1.37 bits per heavy atom. The molecule has 0 bridgehead atoms. The van der Waals surface area contributed by atoms with Gasteiger partial charge in [-0.1, -0.05) is 111 Å². The van der Waals surface area contributed by atoms with Crippen LogP contribution in [0.25, 0.3) is 0 Å². The number of hydrogen-bond donors (Lipinski definition) is 0. The molecule has 0 aliphatic heterocycles. The normalized spacial score (nSPS) is 10.0. The lowest BCUT2D eigenvalue weighted by Crippen LogP contribution is -2.03.